The van der Waals surface area contributed by atoms with Crippen molar-refractivity contribution in [3.05, 3.63) is 176 Å². The van der Waals surface area contributed by atoms with Crippen molar-refractivity contribution >= 4 is 21.8 Å². The van der Waals surface area contributed by atoms with Crippen LogP contribution in [-0.2, 0) is 20.1 Å². The summed E-state index contributed by atoms with van der Waals surface area (Å²) in [4.78, 5) is 8.69. The van der Waals surface area contributed by atoms with Crippen molar-refractivity contribution in [2.24, 2.45) is 0 Å². The summed E-state index contributed by atoms with van der Waals surface area (Å²) >= 11 is 0. The van der Waals surface area contributed by atoms with E-state index in [-0.39, 0.29) is 20.1 Å². The van der Waals surface area contributed by atoms with E-state index in [1.54, 1.807) is 6.20 Å². The number of pyridine rings is 2. The van der Waals surface area contributed by atoms with Crippen molar-refractivity contribution in [2.75, 3.05) is 0 Å². The second kappa shape index (κ2) is 13.4. The summed E-state index contributed by atoms with van der Waals surface area (Å²) in [7, 11) is 0. The average molecular weight is 742 g/mol. The maximum absolute atomic E-state index is 4.48. The molecular weight excluding hydrogens is 715 g/mol. The summed E-state index contributed by atoms with van der Waals surface area (Å²) in [6, 6.07) is 58.3. The second-order valence-electron chi connectivity index (χ2n) is 10.1. The van der Waals surface area contributed by atoms with Gasteiger partial charge in [-0.05, 0) is 59.4 Å². The largest absolute Gasteiger partial charge is 0.309 e. The normalized spacial score (nSPS) is 10.5. The molecule has 0 saturated carbocycles. The zero-order valence-electron chi connectivity index (χ0n) is 23.8. The SMILES string of the molecule is [Ir].[c-]1ccc(-c2ccc3c(c2)c2ccccc2n3-c2ccccc2)cc1-c1ccccn1.[c-]1ccccc1-c1ccccn1. The Kier molecular flexibility index (Phi) is 8.84. The molecule has 1 radical (unpaired) electrons. The molecule has 5 aromatic carbocycles. The standard InChI is InChI=1S/C29H19N2.C11H8N.Ir/c1-2-11-24(12-3-1)31-28-15-5-4-13-25(28)26-20-22(16-17-29(26)31)21-9-8-10-23(19-21)27-14-6-7-18-30-27;1-2-6-10(7-3-1)11-8-4-5-9-12-11;/h1-9,11-20H;1-6,8-9H;/q2*-1;. The molecule has 0 atom stereocenters. The molecule has 0 fully saturated rings. The molecule has 8 rings (SSSR count). The summed E-state index contributed by atoms with van der Waals surface area (Å²) in [5.41, 5.74) is 9.91. The Morgan fingerprint density at radius 1 is 0.455 bits per heavy atom. The molecule has 4 heteroatoms. The quantitative estimate of drug-likeness (QED) is 0.168. The summed E-state index contributed by atoms with van der Waals surface area (Å²) in [5.74, 6) is 0. The van der Waals surface area contributed by atoms with Crippen molar-refractivity contribution in [1.82, 2.24) is 14.5 Å². The van der Waals surface area contributed by atoms with Crippen LogP contribution in [0.2, 0.25) is 0 Å². The molecule has 0 spiro atoms. The van der Waals surface area contributed by atoms with E-state index >= 15 is 0 Å². The van der Waals surface area contributed by atoms with Crippen molar-refractivity contribution < 1.29 is 20.1 Å². The summed E-state index contributed by atoms with van der Waals surface area (Å²) in [6.45, 7) is 0. The molecule has 0 N–H and O–H groups in total. The Hall–Kier alpha value is -5.15. The molecule has 44 heavy (non-hydrogen) atoms. The first-order valence-corrected chi connectivity index (χ1v) is 14.3. The van der Waals surface area contributed by atoms with Gasteiger partial charge in [0.15, 0.2) is 0 Å². The molecular formula is C40H27IrN3-2. The summed E-state index contributed by atoms with van der Waals surface area (Å²) in [5, 5.41) is 2.51. The number of fused-ring (bicyclic) bond motifs is 3. The van der Waals surface area contributed by atoms with E-state index in [2.05, 4.69) is 112 Å². The summed E-state index contributed by atoms with van der Waals surface area (Å²) in [6.07, 6.45) is 3.61. The Labute approximate surface area is 270 Å². The molecule has 0 amide bonds. The number of para-hydroxylation sites is 2. The fourth-order valence-electron chi connectivity index (χ4n) is 5.40. The molecule has 8 aromatic rings. The minimum atomic E-state index is 0. The van der Waals surface area contributed by atoms with Crippen LogP contribution in [0.4, 0.5) is 0 Å². The molecule has 3 aromatic heterocycles. The number of benzene rings is 5. The molecule has 0 aliphatic carbocycles. The van der Waals surface area contributed by atoms with Gasteiger partial charge in [-0.3, -0.25) is 0 Å². The maximum atomic E-state index is 4.48. The van der Waals surface area contributed by atoms with E-state index in [0.717, 1.165) is 28.1 Å². The fourth-order valence-corrected chi connectivity index (χ4v) is 5.40. The number of hydrogen-bond acceptors (Lipinski definition) is 2. The van der Waals surface area contributed by atoms with Crippen LogP contribution in [0.5, 0.6) is 0 Å². The van der Waals surface area contributed by atoms with Crippen LogP contribution in [0.25, 0.3) is 61.1 Å². The number of rotatable bonds is 4. The number of aromatic nitrogens is 3. The van der Waals surface area contributed by atoms with E-state index in [1.165, 1.54) is 33.1 Å². The van der Waals surface area contributed by atoms with Crippen molar-refractivity contribution in [1.29, 1.82) is 0 Å². The zero-order valence-corrected chi connectivity index (χ0v) is 26.2. The third-order valence-electron chi connectivity index (χ3n) is 7.41. The van der Waals surface area contributed by atoms with Crippen molar-refractivity contribution in [3.8, 4) is 39.3 Å². The minimum Gasteiger partial charge on any atom is -0.309 e. The Balaban J connectivity index is 0.000000222. The number of nitrogens with zero attached hydrogens (tertiary/aromatic N) is 3. The van der Waals surface area contributed by atoms with E-state index in [4.69, 9.17) is 0 Å². The first kappa shape index (κ1) is 28.9. The Bertz CT molecular complexity index is 2070. The van der Waals surface area contributed by atoms with E-state index < -0.39 is 0 Å². The molecule has 0 unspecified atom stereocenters. The van der Waals surface area contributed by atoms with Crippen LogP contribution >= 0.6 is 0 Å². The van der Waals surface area contributed by atoms with E-state index in [1.807, 2.05) is 72.9 Å². The molecule has 3 heterocycles. The first-order chi connectivity index (χ1) is 21.3. The minimum absolute atomic E-state index is 0. The van der Waals surface area contributed by atoms with Gasteiger partial charge in [0.05, 0.1) is 11.0 Å². The van der Waals surface area contributed by atoms with Gasteiger partial charge in [-0.2, -0.15) is 0 Å². The molecule has 0 aliphatic rings. The van der Waals surface area contributed by atoms with Crippen LogP contribution in [0.15, 0.2) is 164 Å². The topological polar surface area (TPSA) is 30.7 Å². The van der Waals surface area contributed by atoms with Crippen LogP contribution in [0.3, 0.4) is 0 Å². The average Bonchev–Trinajstić information content (AvgIpc) is 3.44. The molecule has 0 aliphatic heterocycles. The van der Waals surface area contributed by atoms with Crippen LogP contribution in [0.1, 0.15) is 0 Å². The van der Waals surface area contributed by atoms with E-state index in [9.17, 15) is 0 Å². The van der Waals surface area contributed by atoms with Gasteiger partial charge < -0.3 is 14.5 Å². The van der Waals surface area contributed by atoms with Gasteiger partial charge in [0.2, 0.25) is 0 Å². The third-order valence-corrected chi connectivity index (χ3v) is 7.41. The number of hydrogen-bond donors (Lipinski definition) is 0. The predicted molar refractivity (Wildman–Crippen MR) is 177 cm³/mol. The molecule has 0 bridgehead atoms. The van der Waals surface area contributed by atoms with Gasteiger partial charge in [-0.1, -0.05) is 66.7 Å². The van der Waals surface area contributed by atoms with Gasteiger partial charge >= 0.3 is 0 Å². The predicted octanol–water partition coefficient (Wildman–Crippen LogP) is 9.86. The van der Waals surface area contributed by atoms with Gasteiger partial charge in [-0.15, -0.1) is 71.3 Å². The van der Waals surface area contributed by atoms with Gasteiger partial charge in [0, 0.05) is 49.0 Å². The van der Waals surface area contributed by atoms with Crippen LogP contribution < -0.4 is 0 Å². The maximum Gasteiger partial charge on any atom is 0.0541 e. The molecule has 213 valence electrons. The van der Waals surface area contributed by atoms with Gasteiger partial charge in [0.1, 0.15) is 0 Å². The van der Waals surface area contributed by atoms with Gasteiger partial charge in [0.25, 0.3) is 0 Å². The summed E-state index contributed by atoms with van der Waals surface area (Å²) < 4.78 is 2.34. The van der Waals surface area contributed by atoms with Crippen molar-refractivity contribution in [2.45, 2.75) is 0 Å². The van der Waals surface area contributed by atoms with E-state index in [0.29, 0.717) is 0 Å². The Morgan fingerprint density at radius 3 is 1.82 bits per heavy atom. The van der Waals surface area contributed by atoms with Gasteiger partial charge in [-0.25, -0.2) is 0 Å². The van der Waals surface area contributed by atoms with Crippen molar-refractivity contribution in [3.63, 3.8) is 0 Å². The Morgan fingerprint density at radius 2 is 1.09 bits per heavy atom. The third kappa shape index (κ3) is 6.00. The molecule has 3 nitrogen and oxygen atoms in total. The second-order valence-corrected chi connectivity index (χ2v) is 10.1. The smallest absolute Gasteiger partial charge is 0.0541 e. The first-order valence-electron chi connectivity index (χ1n) is 14.3. The van der Waals surface area contributed by atoms with Crippen LogP contribution in [0, 0.1) is 12.1 Å². The fraction of sp³-hybridized carbons (Fsp3) is 0. The monoisotopic (exact) mass is 742 g/mol. The molecule has 0 saturated heterocycles. The zero-order chi connectivity index (χ0) is 28.8. The van der Waals surface area contributed by atoms with Crippen LogP contribution in [-0.4, -0.2) is 14.5 Å².